The maximum atomic E-state index is 11.8. The van der Waals surface area contributed by atoms with Gasteiger partial charge >= 0.3 is 12.0 Å². The molecular weight excluding hydrogens is 272 g/mol. The van der Waals surface area contributed by atoms with Crippen molar-refractivity contribution in [3.63, 3.8) is 0 Å². The number of nitrogens with zero attached hydrogens (tertiary/aromatic N) is 2. The Hall–Kier alpha value is -2.83. The summed E-state index contributed by atoms with van der Waals surface area (Å²) in [5, 5.41) is 18.1. The number of aryl methyl sites for hydroxylation is 1. The molecule has 3 N–H and O–H groups in total. The third-order valence-corrected chi connectivity index (χ3v) is 2.78. The zero-order valence-corrected chi connectivity index (χ0v) is 11.5. The van der Waals surface area contributed by atoms with Crippen molar-refractivity contribution in [1.29, 1.82) is 0 Å². The lowest BCUT2D eigenvalue weighted by Gasteiger charge is -2.06. The predicted molar refractivity (Wildman–Crippen MR) is 78.3 cm³/mol. The Morgan fingerprint density at radius 1 is 1.19 bits per heavy atom. The van der Waals surface area contributed by atoms with Gasteiger partial charge in [0.25, 0.3) is 0 Å². The van der Waals surface area contributed by atoms with Crippen LogP contribution in [0.3, 0.4) is 0 Å². The van der Waals surface area contributed by atoms with Crippen LogP contribution in [0.2, 0.25) is 0 Å². The van der Waals surface area contributed by atoms with E-state index in [0.717, 1.165) is 6.54 Å². The standard InChI is InChI=1S/C14H16N4O3/c1-2-18-9-12(8-15-18)17-14(21)16-11-5-3-10(4-6-11)7-13(19)20/h3-6,8-9H,2,7H2,1H3,(H,19,20)(H2,16,17,21). The number of benzene rings is 1. The van der Waals surface area contributed by atoms with Crippen LogP contribution in [0.1, 0.15) is 12.5 Å². The second-order valence-corrected chi connectivity index (χ2v) is 4.43. The first-order valence-corrected chi connectivity index (χ1v) is 6.48. The van der Waals surface area contributed by atoms with Crippen LogP contribution in [0, 0.1) is 0 Å². The lowest BCUT2D eigenvalue weighted by Crippen LogP contribution is -2.19. The Bertz CT molecular complexity index is 634. The van der Waals surface area contributed by atoms with Gasteiger partial charge in [-0.15, -0.1) is 0 Å². The fourth-order valence-electron chi connectivity index (χ4n) is 1.78. The quantitative estimate of drug-likeness (QED) is 0.785. The van der Waals surface area contributed by atoms with Crippen LogP contribution in [0.4, 0.5) is 16.2 Å². The Labute approximate surface area is 121 Å². The van der Waals surface area contributed by atoms with Gasteiger partial charge in [-0.1, -0.05) is 12.1 Å². The number of aliphatic carboxylic acids is 1. The van der Waals surface area contributed by atoms with Gasteiger partial charge in [-0.05, 0) is 24.6 Å². The molecule has 0 atom stereocenters. The maximum Gasteiger partial charge on any atom is 0.323 e. The molecule has 0 aliphatic rings. The van der Waals surface area contributed by atoms with E-state index in [2.05, 4.69) is 15.7 Å². The average molecular weight is 288 g/mol. The molecular formula is C14H16N4O3. The van der Waals surface area contributed by atoms with E-state index in [9.17, 15) is 9.59 Å². The highest BCUT2D eigenvalue weighted by Gasteiger charge is 2.05. The van der Waals surface area contributed by atoms with Gasteiger partial charge in [0.1, 0.15) is 0 Å². The highest BCUT2D eigenvalue weighted by Crippen LogP contribution is 2.11. The highest BCUT2D eigenvalue weighted by molar-refractivity contribution is 5.99. The Kier molecular flexibility index (Phi) is 4.55. The summed E-state index contributed by atoms with van der Waals surface area (Å²) in [6.07, 6.45) is 3.26. The number of hydrogen-bond donors (Lipinski definition) is 3. The number of hydrogen-bond acceptors (Lipinski definition) is 3. The highest BCUT2D eigenvalue weighted by atomic mass is 16.4. The summed E-state index contributed by atoms with van der Waals surface area (Å²) < 4.78 is 1.70. The number of rotatable bonds is 5. The van der Waals surface area contributed by atoms with Gasteiger partial charge in [-0.3, -0.25) is 9.48 Å². The molecule has 2 aromatic rings. The number of carboxylic acid groups (broad SMARTS) is 1. The van der Waals surface area contributed by atoms with E-state index in [0.29, 0.717) is 16.9 Å². The molecule has 0 saturated carbocycles. The first-order chi connectivity index (χ1) is 10.1. The predicted octanol–water partition coefficient (Wildman–Crippen LogP) is 2.17. The molecule has 0 saturated heterocycles. The monoisotopic (exact) mass is 288 g/mol. The van der Waals surface area contributed by atoms with Crippen molar-refractivity contribution in [3.8, 4) is 0 Å². The first kappa shape index (κ1) is 14.6. The van der Waals surface area contributed by atoms with E-state index in [1.165, 1.54) is 0 Å². The van der Waals surface area contributed by atoms with E-state index < -0.39 is 5.97 Å². The van der Waals surface area contributed by atoms with Crippen molar-refractivity contribution in [2.24, 2.45) is 0 Å². The number of carbonyl (C=O) groups excluding carboxylic acids is 1. The van der Waals surface area contributed by atoms with Crippen LogP contribution in [0.15, 0.2) is 36.7 Å². The molecule has 1 aromatic heterocycles. The lowest BCUT2D eigenvalue weighted by atomic mass is 10.1. The van der Waals surface area contributed by atoms with Crippen LogP contribution in [-0.2, 0) is 17.8 Å². The van der Waals surface area contributed by atoms with E-state index >= 15 is 0 Å². The van der Waals surface area contributed by atoms with Gasteiger partial charge in [0.2, 0.25) is 0 Å². The number of carbonyl (C=O) groups is 2. The SMILES string of the molecule is CCn1cc(NC(=O)Nc2ccc(CC(=O)O)cc2)cn1. The summed E-state index contributed by atoms with van der Waals surface area (Å²) in [7, 11) is 0. The summed E-state index contributed by atoms with van der Waals surface area (Å²) in [6, 6.07) is 6.27. The van der Waals surface area contributed by atoms with Crippen molar-refractivity contribution in [1.82, 2.24) is 9.78 Å². The van der Waals surface area contributed by atoms with Crippen molar-refractivity contribution < 1.29 is 14.7 Å². The van der Waals surface area contributed by atoms with Gasteiger partial charge < -0.3 is 15.7 Å². The topological polar surface area (TPSA) is 96.2 Å². The van der Waals surface area contributed by atoms with Crippen LogP contribution >= 0.6 is 0 Å². The fourth-order valence-corrected chi connectivity index (χ4v) is 1.78. The van der Waals surface area contributed by atoms with Gasteiger partial charge in [0.05, 0.1) is 18.3 Å². The molecule has 0 fully saturated rings. The minimum atomic E-state index is -0.888. The van der Waals surface area contributed by atoms with Gasteiger partial charge in [-0.25, -0.2) is 4.79 Å². The lowest BCUT2D eigenvalue weighted by molar-refractivity contribution is -0.136. The average Bonchev–Trinajstić information content (AvgIpc) is 2.88. The summed E-state index contributed by atoms with van der Waals surface area (Å²) in [4.78, 5) is 22.4. The van der Waals surface area contributed by atoms with E-state index in [4.69, 9.17) is 5.11 Å². The van der Waals surface area contributed by atoms with Crippen molar-refractivity contribution in [2.75, 3.05) is 10.6 Å². The molecule has 2 amide bonds. The molecule has 1 heterocycles. The number of amides is 2. The zero-order chi connectivity index (χ0) is 15.2. The molecule has 110 valence electrons. The summed E-state index contributed by atoms with van der Waals surface area (Å²) in [5.41, 5.74) is 1.87. The molecule has 0 aliphatic heterocycles. The molecule has 0 aliphatic carbocycles. The maximum absolute atomic E-state index is 11.8. The largest absolute Gasteiger partial charge is 0.481 e. The van der Waals surface area contributed by atoms with Crippen molar-refractivity contribution in [2.45, 2.75) is 19.9 Å². The third-order valence-electron chi connectivity index (χ3n) is 2.78. The van der Waals surface area contributed by atoms with E-state index in [1.54, 1.807) is 41.3 Å². The van der Waals surface area contributed by atoms with Gasteiger partial charge in [0, 0.05) is 18.4 Å². The minimum absolute atomic E-state index is 0.0390. The minimum Gasteiger partial charge on any atom is -0.481 e. The number of urea groups is 1. The number of aromatic nitrogens is 2. The number of nitrogens with one attached hydrogen (secondary N) is 2. The van der Waals surface area contributed by atoms with Gasteiger partial charge in [0.15, 0.2) is 0 Å². The fraction of sp³-hybridized carbons (Fsp3) is 0.214. The molecule has 7 heteroatoms. The number of carboxylic acids is 1. The van der Waals surface area contributed by atoms with Crippen LogP contribution < -0.4 is 10.6 Å². The second kappa shape index (κ2) is 6.56. The summed E-state index contributed by atoms with van der Waals surface area (Å²) >= 11 is 0. The Morgan fingerprint density at radius 3 is 2.43 bits per heavy atom. The van der Waals surface area contributed by atoms with Crippen LogP contribution in [-0.4, -0.2) is 26.9 Å². The summed E-state index contributed by atoms with van der Waals surface area (Å²) in [5.74, 6) is -0.888. The molecule has 2 rings (SSSR count). The first-order valence-electron chi connectivity index (χ1n) is 6.48. The normalized spacial score (nSPS) is 10.1. The molecule has 7 nitrogen and oxygen atoms in total. The Morgan fingerprint density at radius 2 is 1.86 bits per heavy atom. The number of anilines is 2. The van der Waals surface area contributed by atoms with E-state index in [1.807, 2.05) is 6.92 Å². The molecule has 1 aromatic carbocycles. The summed E-state index contributed by atoms with van der Waals surface area (Å²) in [6.45, 7) is 2.68. The smallest absolute Gasteiger partial charge is 0.323 e. The molecule has 0 radical (unpaired) electrons. The van der Waals surface area contributed by atoms with Crippen LogP contribution in [0.25, 0.3) is 0 Å². The molecule has 0 unspecified atom stereocenters. The molecule has 0 bridgehead atoms. The van der Waals surface area contributed by atoms with Crippen LogP contribution in [0.5, 0.6) is 0 Å². The second-order valence-electron chi connectivity index (χ2n) is 4.43. The molecule has 0 spiro atoms. The van der Waals surface area contributed by atoms with Gasteiger partial charge in [-0.2, -0.15) is 5.10 Å². The zero-order valence-electron chi connectivity index (χ0n) is 11.5. The van der Waals surface area contributed by atoms with E-state index in [-0.39, 0.29) is 12.5 Å². The Balaban J connectivity index is 1.91. The third kappa shape index (κ3) is 4.34. The molecule has 21 heavy (non-hydrogen) atoms. The van der Waals surface area contributed by atoms with Crippen molar-refractivity contribution in [3.05, 3.63) is 42.2 Å². The van der Waals surface area contributed by atoms with Crippen molar-refractivity contribution >= 4 is 23.4 Å².